The van der Waals surface area contributed by atoms with Crippen molar-refractivity contribution < 1.29 is 4.74 Å². The highest BCUT2D eigenvalue weighted by Crippen LogP contribution is 2.27. The number of aromatic nitrogens is 1. The first kappa shape index (κ1) is 18.2. The van der Waals surface area contributed by atoms with Crippen LogP contribution in [-0.2, 0) is 13.0 Å². The first-order valence-corrected chi connectivity index (χ1v) is 9.52. The van der Waals surface area contributed by atoms with Crippen LogP contribution in [0.1, 0.15) is 37.4 Å². The number of guanidine groups is 1. The number of hydrogen-bond acceptors (Lipinski definition) is 3. The summed E-state index contributed by atoms with van der Waals surface area (Å²) in [5.74, 6) is 1.78. The van der Waals surface area contributed by atoms with Gasteiger partial charge >= 0.3 is 0 Å². The molecule has 26 heavy (non-hydrogen) atoms. The van der Waals surface area contributed by atoms with Crippen molar-refractivity contribution >= 4 is 5.96 Å². The van der Waals surface area contributed by atoms with E-state index in [2.05, 4.69) is 28.6 Å². The van der Waals surface area contributed by atoms with Crippen LogP contribution in [0.25, 0.3) is 0 Å². The van der Waals surface area contributed by atoms with Gasteiger partial charge in [-0.15, -0.1) is 0 Å². The first-order valence-electron chi connectivity index (χ1n) is 9.52. The van der Waals surface area contributed by atoms with E-state index in [9.17, 15) is 0 Å². The molecule has 0 spiro atoms. The largest absolute Gasteiger partial charge is 0.490 e. The van der Waals surface area contributed by atoms with E-state index in [1.807, 2.05) is 42.6 Å². The highest BCUT2D eigenvalue weighted by molar-refractivity contribution is 5.79. The smallest absolute Gasteiger partial charge is 0.191 e. The van der Waals surface area contributed by atoms with Gasteiger partial charge in [0.1, 0.15) is 5.75 Å². The number of nitrogens with zero attached hydrogens (tertiary/aromatic N) is 2. The SMILES string of the molecule is CCNC(=NCc1ccccc1OC1CCC1)NCCc1ccccn1. The minimum atomic E-state index is 0.380. The molecule has 0 radical (unpaired) electrons. The second-order valence-corrected chi connectivity index (χ2v) is 6.47. The van der Waals surface area contributed by atoms with Crippen molar-refractivity contribution in [2.75, 3.05) is 13.1 Å². The van der Waals surface area contributed by atoms with E-state index in [1.54, 1.807) is 0 Å². The molecule has 5 heteroatoms. The van der Waals surface area contributed by atoms with E-state index >= 15 is 0 Å². The number of para-hydroxylation sites is 1. The van der Waals surface area contributed by atoms with Gasteiger partial charge in [0.25, 0.3) is 0 Å². The molecule has 0 aliphatic heterocycles. The molecule has 2 aromatic rings. The Morgan fingerprint density at radius 3 is 2.73 bits per heavy atom. The minimum Gasteiger partial charge on any atom is -0.490 e. The summed E-state index contributed by atoms with van der Waals surface area (Å²) in [6.45, 7) is 4.30. The fourth-order valence-electron chi connectivity index (χ4n) is 2.78. The molecular weight excluding hydrogens is 324 g/mol. The summed E-state index contributed by atoms with van der Waals surface area (Å²) in [7, 11) is 0. The first-order chi connectivity index (χ1) is 12.8. The zero-order valence-corrected chi connectivity index (χ0v) is 15.4. The maximum Gasteiger partial charge on any atom is 0.191 e. The van der Waals surface area contributed by atoms with Crippen LogP contribution in [0.5, 0.6) is 5.75 Å². The van der Waals surface area contributed by atoms with Crippen molar-refractivity contribution in [1.82, 2.24) is 15.6 Å². The van der Waals surface area contributed by atoms with Crippen LogP contribution in [-0.4, -0.2) is 30.1 Å². The minimum absolute atomic E-state index is 0.380. The van der Waals surface area contributed by atoms with Crippen molar-refractivity contribution in [2.45, 2.75) is 45.3 Å². The predicted molar refractivity (Wildman–Crippen MR) is 105 cm³/mol. The Balaban J connectivity index is 1.56. The average Bonchev–Trinajstić information content (AvgIpc) is 2.64. The fraction of sp³-hybridized carbons (Fsp3) is 0.429. The van der Waals surface area contributed by atoms with Crippen molar-refractivity contribution in [3.05, 3.63) is 59.9 Å². The number of aliphatic imine (C=N–C) groups is 1. The molecule has 5 nitrogen and oxygen atoms in total. The Bertz CT molecular complexity index is 698. The summed E-state index contributed by atoms with van der Waals surface area (Å²) >= 11 is 0. The molecule has 1 saturated carbocycles. The van der Waals surface area contributed by atoms with Crippen LogP contribution in [0.4, 0.5) is 0 Å². The van der Waals surface area contributed by atoms with Crippen molar-refractivity contribution in [3.63, 3.8) is 0 Å². The van der Waals surface area contributed by atoms with Crippen LogP contribution in [0, 0.1) is 0 Å². The van der Waals surface area contributed by atoms with Crippen LogP contribution in [0.2, 0.25) is 0 Å². The van der Waals surface area contributed by atoms with Gasteiger partial charge < -0.3 is 15.4 Å². The average molecular weight is 352 g/mol. The van der Waals surface area contributed by atoms with Crippen LogP contribution >= 0.6 is 0 Å². The fourth-order valence-corrected chi connectivity index (χ4v) is 2.78. The molecule has 3 rings (SSSR count). The van der Waals surface area contributed by atoms with E-state index in [0.717, 1.165) is 55.3 Å². The van der Waals surface area contributed by atoms with E-state index in [-0.39, 0.29) is 0 Å². The highest BCUT2D eigenvalue weighted by atomic mass is 16.5. The second-order valence-electron chi connectivity index (χ2n) is 6.47. The molecule has 2 N–H and O–H groups in total. The standard InChI is InChI=1S/C21H28N4O/c1-2-22-21(24-15-13-18-9-5-6-14-23-18)25-16-17-8-3-4-12-20(17)26-19-10-7-11-19/h3-6,8-9,12,14,19H,2,7,10-11,13,15-16H2,1H3,(H2,22,24,25). The summed E-state index contributed by atoms with van der Waals surface area (Å²) in [5, 5.41) is 6.68. The quantitative estimate of drug-likeness (QED) is 0.565. The third kappa shape index (κ3) is 5.48. The van der Waals surface area contributed by atoms with E-state index in [0.29, 0.717) is 12.6 Å². The topological polar surface area (TPSA) is 58.5 Å². The molecule has 1 aliphatic rings. The van der Waals surface area contributed by atoms with Gasteiger partial charge in [-0.05, 0) is 44.4 Å². The number of rotatable bonds is 8. The Morgan fingerprint density at radius 2 is 2.00 bits per heavy atom. The molecular formula is C21H28N4O. The molecule has 1 aromatic heterocycles. The lowest BCUT2D eigenvalue weighted by atomic mass is 9.96. The van der Waals surface area contributed by atoms with Gasteiger partial charge in [0.15, 0.2) is 5.96 Å². The molecule has 1 aromatic carbocycles. The Morgan fingerprint density at radius 1 is 1.15 bits per heavy atom. The Kier molecular flexibility index (Phi) is 6.88. The van der Waals surface area contributed by atoms with Gasteiger partial charge in [-0.3, -0.25) is 4.98 Å². The number of benzene rings is 1. The molecule has 1 fully saturated rings. The van der Waals surface area contributed by atoms with Crippen molar-refractivity contribution in [2.24, 2.45) is 4.99 Å². The monoisotopic (exact) mass is 352 g/mol. The van der Waals surface area contributed by atoms with Crippen LogP contribution in [0.15, 0.2) is 53.7 Å². The summed E-state index contributed by atoms with van der Waals surface area (Å²) in [6.07, 6.45) is 6.67. The normalized spacial score (nSPS) is 14.6. The van der Waals surface area contributed by atoms with E-state index in [4.69, 9.17) is 9.73 Å². The number of ether oxygens (including phenoxy) is 1. The Labute approximate surface area is 155 Å². The van der Waals surface area contributed by atoms with Crippen LogP contribution < -0.4 is 15.4 Å². The third-order valence-corrected chi connectivity index (χ3v) is 4.47. The Hall–Kier alpha value is -2.56. The molecule has 138 valence electrons. The molecule has 0 saturated heterocycles. The molecule has 0 bridgehead atoms. The van der Waals surface area contributed by atoms with Gasteiger partial charge in [-0.25, -0.2) is 4.99 Å². The number of hydrogen-bond donors (Lipinski definition) is 2. The molecule has 1 heterocycles. The van der Waals surface area contributed by atoms with Crippen LogP contribution in [0.3, 0.4) is 0 Å². The zero-order chi connectivity index (χ0) is 18.0. The highest BCUT2D eigenvalue weighted by Gasteiger charge is 2.20. The molecule has 0 atom stereocenters. The van der Waals surface area contributed by atoms with E-state index < -0.39 is 0 Å². The van der Waals surface area contributed by atoms with Gasteiger partial charge in [0, 0.05) is 37.0 Å². The maximum atomic E-state index is 6.09. The summed E-state index contributed by atoms with van der Waals surface area (Å²) in [5.41, 5.74) is 2.21. The molecule has 1 aliphatic carbocycles. The summed E-state index contributed by atoms with van der Waals surface area (Å²) in [6, 6.07) is 14.2. The van der Waals surface area contributed by atoms with Gasteiger partial charge in [0.05, 0.1) is 12.6 Å². The van der Waals surface area contributed by atoms with Gasteiger partial charge in [-0.1, -0.05) is 24.3 Å². The lowest BCUT2D eigenvalue weighted by Gasteiger charge is -2.27. The number of nitrogens with one attached hydrogen (secondary N) is 2. The zero-order valence-electron chi connectivity index (χ0n) is 15.4. The number of pyridine rings is 1. The summed E-state index contributed by atoms with van der Waals surface area (Å²) in [4.78, 5) is 9.07. The third-order valence-electron chi connectivity index (χ3n) is 4.47. The van der Waals surface area contributed by atoms with Gasteiger partial charge in [-0.2, -0.15) is 0 Å². The lowest BCUT2D eigenvalue weighted by Crippen LogP contribution is -2.38. The lowest BCUT2D eigenvalue weighted by molar-refractivity contribution is 0.119. The van der Waals surface area contributed by atoms with Gasteiger partial charge in [0.2, 0.25) is 0 Å². The van der Waals surface area contributed by atoms with Crippen molar-refractivity contribution in [1.29, 1.82) is 0 Å². The molecule has 0 unspecified atom stereocenters. The molecule has 0 amide bonds. The van der Waals surface area contributed by atoms with Crippen molar-refractivity contribution in [3.8, 4) is 5.75 Å². The van der Waals surface area contributed by atoms with E-state index in [1.165, 1.54) is 6.42 Å². The predicted octanol–water partition coefficient (Wildman–Crippen LogP) is 3.31. The maximum absolute atomic E-state index is 6.09. The summed E-state index contributed by atoms with van der Waals surface area (Å²) < 4.78 is 6.09. The second kappa shape index (κ2) is 9.80.